The van der Waals surface area contributed by atoms with Crippen molar-refractivity contribution in [2.45, 2.75) is 19.9 Å². The highest BCUT2D eigenvalue weighted by Crippen LogP contribution is 2.24. The summed E-state index contributed by atoms with van der Waals surface area (Å²) in [7, 11) is -3.49. The quantitative estimate of drug-likeness (QED) is 0.646. The van der Waals surface area contributed by atoms with Gasteiger partial charge in [0.15, 0.2) is 0 Å². The molecule has 152 valence electrons. The van der Waals surface area contributed by atoms with Crippen molar-refractivity contribution in [2.24, 2.45) is 0 Å². The van der Waals surface area contributed by atoms with Gasteiger partial charge in [-0.15, -0.1) is 0 Å². The van der Waals surface area contributed by atoms with Crippen molar-refractivity contribution in [2.75, 3.05) is 30.6 Å². The molecule has 8 heteroatoms. The van der Waals surface area contributed by atoms with Crippen molar-refractivity contribution in [3.05, 3.63) is 64.7 Å². The predicted octanol–water partition coefficient (Wildman–Crippen LogP) is 3.52. The summed E-state index contributed by atoms with van der Waals surface area (Å²) in [5.41, 5.74) is 1.64. The molecule has 0 saturated heterocycles. The number of benzene rings is 2. The lowest BCUT2D eigenvalue weighted by atomic mass is 10.0. The molecule has 28 heavy (non-hydrogen) atoms. The summed E-state index contributed by atoms with van der Waals surface area (Å²) in [5.74, 6) is -0.290. The van der Waals surface area contributed by atoms with Gasteiger partial charge in [-0.2, -0.15) is 0 Å². The molecule has 2 aromatic carbocycles. The van der Waals surface area contributed by atoms with E-state index in [2.05, 4.69) is 28.8 Å². The third-order valence-corrected chi connectivity index (χ3v) is 5.34. The molecule has 0 aliphatic carbocycles. The Kier molecular flexibility index (Phi) is 7.86. The minimum absolute atomic E-state index is 0.0427. The SMILES string of the molecule is CCN(CC)C(CNC(=O)c1ccc(Cl)c(NS(C)(=O)=O)c1)c1ccccc1. The molecular weight excluding hydrogens is 398 g/mol. The van der Waals surface area contributed by atoms with Crippen molar-refractivity contribution in [3.63, 3.8) is 0 Å². The van der Waals surface area contributed by atoms with Gasteiger partial charge in [0.25, 0.3) is 5.91 Å². The second-order valence-electron chi connectivity index (χ2n) is 6.43. The number of nitrogens with zero attached hydrogens (tertiary/aromatic N) is 1. The highest BCUT2D eigenvalue weighted by molar-refractivity contribution is 7.92. The maximum Gasteiger partial charge on any atom is 0.251 e. The average molecular weight is 424 g/mol. The molecule has 0 aliphatic rings. The Balaban J connectivity index is 2.17. The normalized spacial score (nSPS) is 12.6. The maximum absolute atomic E-state index is 12.7. The molecular formula is C20H26ClN3O3S. The monoisotopic (exact) mass is 423 g/mol. The molecule has 0 spiro atoms. The van der Waals surface area contributed by atoms with Crippen LogP contribution in [0.2, 0.25) is 5.02 Å². The van der Waals surface area contributed by atoms with Crippen molar-refractivity contribution < 1.29 is 13.2 Å². The molecule has 1 amide bonds. The van der Waals surface area contributed by atoms with Gasteiger partial charge in [-0.25, -0.2) is 8.42 Å². The lowest BCUT2D eigenvalue weighted by Crippen LogP contribution is -2.38. The summed E-state index contributed by atoms with van der Waals surface area (Å²) in [4.78, 5) is 14.9. The van der Waals surface area contributed by atoms with E-state index in [9.17, 15) is 13.2 Å². The third-order valence-electron chi connectivity index (χ3n) is 4.42. The Morgan fingerprint density at radius 1 is 1.11 bits per heavy atom. The fraction of sp³-hybridized carbons (Fsp3) is 0.350. The molecule has 0 aliphatic heterocycles. The standard InChI is InChI=1S/C20H26ClN3O3S/c1-4-24(5-2)19(15-9-7-6-8-10-15)14-22-20(25)16-11-12-17(21)18(13-16)23-28(3,26)27/h6-13,19,23H,4-5,14H2,1-3H3,(H,22,25). The second-order valence-corrected chi connectivity index (χ2v) is 8.58. The second kappa shape index (κ2) is 9.91. The first kappa shape index (κ1) is 22.2. The Bertz CT molecular complexity index is 900. The number of halogens is 1. The topological polar surface area (TPSA) is 78.5 Å². The molecule has 2 N–H and O–H groups in total. The fourth-order valence-corrected chi connectivity index (χ4v) is 3.82. The van der Waals surface area contributed by atoms with Crippen LogP contribution in [0, 0.1) is 0 Å². The zero-order valence-corrected chi connectivity index (χ0v) is 17.8. The highest BCUT2D eigenvalue weighted by Gasteiger charge is 2.19. The van der Waals surface area contributed by atoms with Crippen LogP contribution in [0.1, 0.15) is 35.8 Å². The lowest BCUT2D eigenvalue weighted by molar-refractivity contribution is 0.0935. The first-order valence-corrected chi connectivity index (χ1v) is 11.4. The van der Waals surface area contributed by atoms with Crippen LogP contribution in [0.25, 0.3) is 0 Å². The number of carbonyl (C=O) groups is 1. The van der Waals surface area contributed by atoms with Crippen LogP contribution in [0.3, 0.4) is 0 Å². The Morgan fingerprint density at radius 2 is 1.75 bits per heavy atom. The van der Waals surface area contributed by atoms with Crippen molar-refractivity contribution in [1.82, 2.24) is 10.2 Å². The van der Waals surface area contributed by atoms with E-state index in [0.29, 0.717) is 12.1 Å². The molecule has 1 atom stereocenters. The fourth-order valence-electron chi connectivity index (χ4n) is 3.03. The van der Waals surface area contributed by atoms with E-state index in [4.69, 9.17) is 11.6 Å². The summed E-state index contributed by atoms with van der Waals surface area (Å²) < 4.78 is 25.3. The van der Waals surface area contributed by atoms with Gasteiger partial charge in [0.2, 0.25) is 10.0 Å². The third kappa shape index (κ3) is 6.22. The zero-order chi connectivity index (χ0) is 20.7. The van der Waals surface area contributed by atoms with Crippen LogP contribution >= 0.6 is 11.6 Å². The first-order chi connectivity index (χ1) is 13.2. The molecule has 0 bridgehead atoms. The van der Waals surface area contributed by atoms with E-state index in [1.807, 2.05) is 30.3 Å². The average Bonchev–Trinajstić information content (AvgIpc) is 2.66. The van der Waals surface area contributed by atoms with E-state index >= 15 is 0 Å². The molecule has 0 fully saturated rings. The Morgan fingerprint density at radius 3 is 2.32 bits per heavy atom. The number of likely N-dealkylation sites (N-methyl/N-ethyl adjacent to an activating group) is 1. The minimum atomic E-state index is -3.49. The minimum Gasteiger partial charge on any atom is -0.350 e. The molecule has 2 rings (SSSR count). The van der Waals surface area contributed by atoms with Gasteiger partial charge in [0, 0.05) is 12.1 Å². The van der Waals surface area contributed by atoms with Gasteiger partial charge in [0.05, 0.1) is 23.0 Å². The predicted molar refractivity (Wildman–Crippen MR) is 114 cm³/mol. The van der Waals surface area contributed by atoms with Crippen LogP contribution in [-0.4, -0.2) is 45.1 Å². The Hall–Kier alpha value is -2.09. The van der Waals surface area contributed by atoms with Crippen molar-refractivity contribution in [3.8, 4) is 0 Å². The first-order valence-electron chi connectivity index (χ1n) is 9.09. The number of anilines is 1. The number of carbonyl (C=O) groups excluding carboxylic acids is 1. The van der Waals surface area contributed by atoms with Gasteiger partial charge >= 0.3 is 0 Å². The van der Waals surface area contributed by atoms with E-state index in [1.54, 1.807) is 6.07 Å². The highest BCUT2D eigenvalue weighted by atomic mass is 35.5. The van der Waals surface area contributed by atoms with Crippen LogP contribution < -0.4 is 10.0 Å². The Labute approximate surface area is 171 Å². The van der Waals surface area contributed by atoms with E-state index in [0.717, 1.165) is 24.9 Å². The largest absolute Gasteiger partial charge is 0.350 e. The molecule has 0 aromatic heterocycles. The number of hydrogen-bond donors (Lipinski definition) is 2. The number of nitrogens with one attached hydrogen (secondary N) is 2. The molecule has 0 radical (unpaired) electrons. The molecule has 1 unspecified atom stereocenters. The van der Waals surface area contributed by atoms with Crippen LogP contribution in [0.15, 0.2) is 48.5 Å². The summed E-state index contributed by atoms with van der Waals surface area (Å²) in [6, 6.07) is 14.6. The van der Waals surface area contributed by atoms with Gasteiger partial charge in [-0.05, 0) is 36.9 Å². The van der Waals surface area contributed by atoms with Crippen LogP contribution in [0.5, 0.6) is 0 Å². The number of sulfonamides is 1. The van der Waals surface area contributed by atoms with E-state index < -0.39 is 10.0 Å². The summed E-state index contributed by atoms with van der Waals surface area (Å²) in [6.07, 6.45) is 1.03. The zero-order valence-electron chi connectivity index (χ0n) is 16.3. The number of rotatable bonds is 9. The van der Waals surface area contributed by atoms with E-state index in [1.165, 1.54) is 12.1 Å². The van der Waals surface area contributed by atoms with Gasteiger partial charge in [-0.3, -0.25) is 14.4 Å². The molecule has 0 heterocycles. The number of hydrogen-bond acceptors (Lipinski definition) is 4. The molecule has 2 aromatic rings. The molecule has 6 nitrogen and oxygen atoms in total. The van der Waals surface area contributed by atoms with Crippen LogP contribution in [0.4, 0.5) is 5.69 Å². The lowest BCUT2D eigenvalue weighted by Gasteiger charge is -2.30. The van der Waals surface area contributed by atoms with E-state index in [-0.39, 0.29) is 22.7 Å². The number of amides is 1. The smallest absolute Gasteiger partial charge is 0.251 e. The summed E-state index contributed by atoms with van der Waals surface area (Å²) in [5, 5.41) is 3.18. The van der Waals surface area contributed by atoms with Crippen LogP contribution in [-0.2, 0) is 10.0 Å². The van der Waals surface area contributed by atoms with Gasteiger partial charge < -0.3 is 5.32 Å². The summed E-state index contributed by atoms with van der Waals surface area (Å²) >= 11 is 6.03. The maximum atomic E-state index is 12.7. The molecule has 0 saturated carbocycles. The van der Waals surface area contributed by atoms with Crippen molar-refractivity contribution in [1.29, 1.82) is 0 Å². The van der Waals surface area contributed by atoms with Gasteiger partial charge in [-0.1, -0.05) is 55.8 Å². The summed E-state index contributed by atoms with van der Waals surface area (Å²) in [6.45, 7) is 6.32. The van der Waals surface area contributed by atoms with Crippen molar-refractivity contribution >= 4 is 33.2 Å². The van der Waals surface area contributed by atoms with Gasteiger partial charge in [0.1, 0.15) is 0 Å².